The van der Waals surface area contributed by atoms with E-state index in [0.29, 0.717) is 36.5 Å². The Morgan fingerprint density at radius 2 is 1.52 bits per heavy atom. The number of rotatable bonds is 4. The number of hydrogen-bond donors (Lipinski definition) is 1. The number of para-hydroxylation sites is 1. The van der Waals surface area contributed by atoms with Crippen molar-refractivity contribution in [1.82, 2.24) is 4.90 Å². The molecule has 1 N–H and O–H groups in total. The minimum atomic E-state index is -0.241. The van der Waals surface area contributed by atoms with Crippen LogP contribution in [0.15, 0.2) is 84.9 Å². The van der Waals surface area contributed by atoms with E-state index in [0.717, 1.165) is 5.56 Å². The number of morpholine rings is 1. The summed E-state index contributed by atoms with van der Waals surface area (Å²) in [5.74, 6) is -0.354. The third-order valence-electron chi connectivity index (χ3n) is 4.97. The predicted octanol–water partition coefficient (Wildman–Crippen LogP) is 4.15. The smallest absolute Gasteiger partial charge is 0.256 e. The molecule has 1 atom stereocenters. The van der Waals surface area contributed by atoms with Crippen molar-refractivity contribution in [2.45, 2.75) is 6.10 Å². The number of hydrogen-bond acceptors (Lipinski definition) is 3. The highest BCUT2D eigenvalue weighted by atomic mass is 16.5. The number of ether oxygens (including phenoxy) is 1. The first kappa shape index (κ1) is 18.9. The number of amides is 2. The third-order valence-corrected chi connectivity index (χ3v) is 4.97. The van der Waals surface area contributed by atoms with Crippen molar-refractivity contribution in [2.75, 3.05) is 25.0 Å². The van der Waals surface area contributed by atoms with Crippen molar-refractivity contribution in [3.8, 4) is 0 Å². The molecular formula is C24H22N2O3. The molecule has 0 aromatic heterocycles. The minimum absolute atomic E-state index is 0.113. The van der Waals surface area contributed by atoms with Crippen LogP contribution < -0.4 is 5.32 Å². The van der Waals surface area contributed by atoms with Crippen molar-refractivity contribution in [2.24, 2.45) is 0 Å². The van der Waals surface area contributed by atoms with Gasteiger partial charge in [-0.25, -0.2) is 0 Å². The van der Waals surface area contributed by atoms with E-state index >= 15 is 0 Å². The standard InChI is InChI=1S/C24H22N2O3/c27-23(19-11-5-2-6-12-19)25-21-14-8-7-13-20(21)24(28)26-15-16-29-22(17-26)18-9-3-1-4-10-18/h1-14,22H,15-17H2,(H,25,27). The topological polar surface area (TPSA) is 58.6 Å². The van der Waals surface area contributed by atoms with Gasteiger partial charge < -0.3 is 15.0 Å². The number of carbonyl (C=O) groups is 2. The Morgan fingerprint density at radius 3 is 2.28 bits per heavy atom. The molecule has 0 spiro atoms. The molecule has 1 fully saturated rings. The van der Waals surface area contributed by atoms with Crippen molar-refractivity contribution >= 4 is 17.5 Å². The zero-order chi connectivity index (χ0) is 20.1. The Morgan fingerprint density at radius 1 is 0.862 bits per heavy atom. The second-order valence-electron chi connectivity index (χ2n) is 6.89. The molecule has 2 amide bonds. The first-order chi connectivity index (χ1) is 14.2. The molecule has 0 radical (unpaired) electrons. The molecule has 1 aliphatic rings. The van der Waals surface area contributed by atoms with Crippen molar-refractivity contribution in [3.63, 3.8) is 0 Å². The van der Waals surface area contributed by atoms with E-state index in [1.54, 1.807) is 35.2 Å². The summed E-state index contributed by atoms with van der Waals surface area (Å²) < 4.78 is 5.87. The van der Waals surface area contributed by atoms with Crippen molar-refractivity contribution in [1.29, 1.82) is 0 Å². The lowest BCUT2D eigenvalue weighted by Crippen LogP contribution is -2.42. The van der Waals surface area contributed by atoms with Gasteiger partial charge in [-0.1, -0.05) is 60.7 Å². The van der Waals surface area contributed by atoms with Crippen LogP contribution in [0.2, 0.25) is 0 Å². The first-order valence-electron chi connectivity index (χ1n) is 9.63. The van der Waals surface area contributed by atoms with Gasteiger partial charge in [0.25, 0.3) is 11.8 Å². The van der Waals surface area contributed by atoms with E-state index < -0.39 is 0 Å². The average molecular weight is 386 g/mol. The second-order valence-corrected chi connectivity index (χ2v) is 6.89. The molecule has 3 aromatic carbocycles. The van der Waals surface area contributed by atoms with E-state index in [4.69, 9.17) is 4.74 Å². The van der Waals surface area contributed by atoms with Gasteiger partial charge in [0.1, 0.15) is 6.10 Å². The molecule has 1 saturated heterocycles. The number of nitrogens with one attached hydrogen (secondary N) is 1. The summed E-state index contributed by atoms with van der Waals surface area (Å²) in [6.45, 7) is 1.47. The summed E-state index contributed by atoms with van der Waals surface area (Å²) >= 11 is 0. The highest BCUT2D eigenvalue weighted by Crippen LogP contribution is 2.25. The lowest BCUT2D eigenvalue weighted by Gasteiger charge is -2.33. The molecule has 1 aliphatic heterocycles. The summed E-state index contributed by atoms with van der Waals surface area (Å²) in [6, 6.07) is 26.0. The molecular weight excluding hydrogens is 364 g/mol. The van der Waals surface area contributed by atoms with Crippen LogP contribution in [-0.4, -0.2) is 36.4 Å². The first-order valence-corrected chi connectivity index (χ1v) is 9.63. The molecule has 3 aromatic rings. The van der Waals surface area contributed by atoms with Gasteiger partial charge in [0.05, 0.1) is 24.4 Å². The average Bonchev–Trinajstić information content (AvgIpc) is 2.80. The summed E-state index contributed by atoms with van der Waals surface area (Å²) in [6.07, 6.45) is -0.153. The minimum Gasteiger partial charge on any atom is -0.370 e. The molecule has 146 valence electrons. The molecule has 29 heavy (non-hydrogen) atoms. The Balaban J connectivity index is 1.52. The Labute approximate surface area is 169 Å². The van der Waals surface area contributed by atoms with Gasteiger partial charge in [0.15, 0.2) is 0 Å². The Bertz CT molecular complexity index is 989. The van der Waals surface area contributed by atoms with Crippen LogP contribution >= 0.6 is 0 Å². The third kappa shape index (κ3) is 4.36. The molecule has 0 aliphatic carbocycles. The van der Waals surface area contributed by atoms with Gasteiger partial charge in [-0.15, -0.1) is 0 Å². The van der Waals surface area contributed by atoms with E-state index in [1.807, 2.05) is 54.6 Å². The molecule has 5 heteroatoms. The maximum Gasteiger partial charge on any atom is 0.256 e. The summed E-state index contributed by atoms with van der Waals surface area (Å²) in [5.41, 5.74) is 2.58. The number of carbonyl (C=O) groups excluding carboxylic acids is 2. The van der Waals surface area contributed by atoms with Crippen LogP contribution in [0.5, 0.6) is 0 Å². The summed E-state index contributed by atoms with van der Waals surface area (Å²) in [5, 5.41) is 2.87. The summed E-state index contributed by atoms with van der Waals surface area (Å²) in [7, 11) is 0. The molecule has 1 heterocycles. The Hall–Kier alpha value is -3.44. The predicted molar refractivity (Wildman–Crippen MR) is 112 cm³/mol. The van der Waals surface area contributed by atoms with Crippen LogP contribution in [0.3, 0.4) is 0 Å². The van der Waals surface area contributed by atoms with Gasteiger partial charge >= 0.3 is 0 Å². The number of nitrogens with zero attached hydrogens (tertiary/aromatic N) is 1. The highest BCUT2D eigenvalue weighted by molar-refractivity contribution is 6.09. The van der Waals surface area contributed by atoms with Crippen molar-refractivity contribution < 1.29 is 14.3 Å². The van der Waals surface area contributed by atoms with Gasteiger partial charge in [-0.3, -0.25) is 9.59 Å². The summed E-state index contributed by atoms with van der Waals surface area (Å²) in [4.78, 5) is 27.6. The number of benzene rings is 3. The molecule has 0 bridgehead atoms. The van der Waals surface area contributed by atoms with E-state index in [-0.39, 0.29) is 17.9 Å². The zero-order valence-electron chi connectivity index (χ0n) is 16.0. The lowest BCUT2D eigenvalue weighted by atomic mass is 10.1. The largest absolute Gasteiger partial charge is 0.370 e. The maximum atomic E-state index is 13.2. The SMILES string of the molecule is O=C(Nc1ccccc1C(=O)N1CCOC(c2ccccc2)C1)c1ccccc1. The maximum absolute atomic E-state index is 13.2. The van der Waals surface area contributed by atoms with E-state index in [2.05, 4.69) is 5.32 Å². The van der Waals surface area contributed by atoms with Gasteiger partial charge in [-0.05, 0) is 29.8 Å². The van der Waals surface area contributed by atoms with Crippen LogP contribution in [0.1, 0.15) is 32.4 Å². The highest BCUT2D eigenvalue weighted by Gasteiger charge is 2.27. The molecule has 1 unspecified atom stereocenters. The normalized spacial score (nSPS) is 16.3. The van der Waals surface area contributed by atoms with Gasteiger partial charge in [-0.2, -0.15) is 0 Å². The molecule has 0 saturated carbocycles. The van der Waals surface area contributed by atoms with Crippen LogP contribution in [0.25, 0.3) is 0 Å². The van der Waals surface area contributed by atoms with Crippen molar-refractivity contribution in [3.05, 3.63) is 102 Å². The van der Waals surface area contributed by atoms with Crippen LogP contribution in [0.4, 0.5) is 5.69 Å². The second kappa shape index (κ2) is 8.71. The molecule has 4 rings (SSSR count). The zero-order valence-corrected chi connectivity index (χ0v) is 16.0. The lowest BCUT2D eigenvalue weighted by molar-refractivity contribution is -0.0227. The fourth-order valence-corrected chi connectivity index (χ4v) is 3.44. The molecule has 5 nitrogen and oxygen atoms in total. The fraction of sp³-hybridized carbons (Fsp3) is 0.167. The van der Waals surface area contributed by atoms with Gasteiger partial charge in [0.2, 0.25) is 0 Å². The van der Waals surface area contributed by atoms with Gasteiger partial charge in [0, 0.05) is 12.1 Å². The van der Waals surface area contributed by atoms with E-state index in [9.17, 15) is 9.59 Å². The van der Waals surface area contributed by atoms with Crippen LogP contribution in [0, 0.1) is 0 Å². The quantitative estimate of drug-likeness (QED) is 0.733. The fourth-order valence-electron chi connectivity index (χ4n) is 3.44. The Kier molecular flexibility index (Phi) is 5.68. The monoisotopic (exact) mass is 386 g/mol. The van der Waals surface area contributed by atoms with E-state index in [1.165, 1.54) is 0 Å². The number of anilines is 1. The van der Waals surface area contributed by atoms with Crippen LogP contribution in [-0.2, 0) is 4.74 Å².